The molecule has 0 radical (unpaired) electrons. The number of hydrogen-bond acceptors (Lipinski definition) is 3. The minimum atomic E-state index is -0.518. The van der Waals surface area contributed by atoms with Crippen LogP contribution in [0, 0.1) is 0 Å². The van der Waals surface area contributed by atoms with Gasteiger partial charge in [0.15, 0.2) is 0 Å². The summed E-state index contributed by atoms with van der Waals surface area (Å²) in [6, 6.07) is -0.156. The predicted molar refractivity (Wildman–Crippen MR) is 45.6 cm³/mol. The molecule has 0 aromatic heterocycles. The van der Waals surface area contributed by atoms with Gasteiger partial charge in [0.1, 0.15) is 6.04 Å². The van der Waals surface area contributed by atoms with Crippen LogP contribution in [0.2, 0.25) is 0 Å². The molecule has 0 aliphatic heterocycles. The minimum Gasteiger partial charge on any atom is -0.383 e. The van der Waals surface area contributed by atoms with Gasteiger partial charge in [-0.1, -0.05) is 0 Å². The Bertz CT molecular complexity index is 157. The molecule has 12 heavy (non-hydrogen) atoms. The lowest BCUT2D eigenvalue weighted by molar-refractivity contribution is -0.124. The zero-order valence-corrected chi connectivity index (χ0v) is 7.38. The van der Waals surface area contributed by atoms with E-state index in [0.717, 1.165) is 12.8 Å². The average molecular weight is 172 g/mol. The first-order valence-electron chi connectivity index (χ1n) is 4.29. The number of rotatable bonds is 4. The molecule has 3 N–H and O–H groups in total. The van der Waals surface area contributed by atoms with Gasteiger partial charge in [0.2, 0.25) is 5.91 Å². The average Bonchev–Trinajstić information content (AvgIpc) is 1.97. The van der Waals surface area contributed by atoms with E-state index in [1.54, 1.807) is 0 Å². The van der Waals surface area contributed by atoms with Crippen LogP contribution in [0.1, 0.15) is 19.3 Å². The molecule has 1 amide bonds. The van der Waals surface area contributed by atoms with Gasteiger partial charge < -0.3 is 15.8 Å². The molecule has 1 aliphatic rings. The van der Waals surface area contributed by atoms with E-state index >= 15 is 0 Å². The fourth-order valence-electron chi connectivity index (χ4n) is 1.12. The molecule has 0 aromatic rings. The summed E-state index contributed by atoms with van der Waals surface area (Å²) in [6.45, 7) is 0.290. The molecule has 4 heteroatoms. The van der Waals surface area contributed by atoms with E-state index in [0.29, 0.717) is 12.6 Å². The van der Waals surface area contributed by atoms with E-state index in [1.807, 2.05) is 0 Å². The van der Waals surface area contributed by atoms with Crippen LogP contribution in [0.15, 0.2) is 0 Å². The second kappa shape index (κ2) is 4.42. The molecule has 1 aliphatic carbocycles. The van der Waals surface area contributed by atoms with Crippen LogP contribution < -0.4 is 11.1 Å². The Morgan fingerprint density at radius 3 is 2.83 bits per heavy atom. The highest BCUT2D eigenvalue weighted by Gasteiger charge is 2.22. The van der Waals surface area contributed by atoms with Crippen molar-refractivity contribution in [3.63, 3.8) is 0 Å². The van der Waals surface area contributed by atoms with Gasteiger partial charge in [-0.3, -0.25) is 4.79 Å². The van der Waals surface area contributed by atoms with Gasteiger partial charge in [0.25, 0.3) is 0 Å². The molecule has 1 atom stereocenters. The van der Waals surface area contributed by atoms with E-state index < -0.39 is 6.04 Å². The summed E-state index contributed by atoms with van der Waals surface area (Å²) in [5.74, 6) is -0.0958. The van der Waals surface area contributed by atoms with E-state index in [1.165, 1.54) is 13.5 Å². The third-order valence-corrected chi connectivity index (χ3v) is 2.13. The normalized spacial score (nSPS) is 19.8. The third-order valence-electron chi connectivity index (χ3n) is 2.13. The fourth-order valence-corrected chi connectivity index (χ4v) is 1.12. The Kier molecular flexibility index (Phi) is 3.49. The zero-order valence-electron chi connectivity index (χ0n) is 7.38. The van der Waals surface area contributed by atoms with Gasteiger partial charge >= 0.3 is 0 Å². The molecular weight excluding hydrogens is 156 g/mol. The molecule has 0 bridgehead atoms. The van der Waals surface area contributed by atoms with Crippen LogP contribution >= 0.6 is 0 Å². The monoisotopic (exact) mass is 172 g/mol. The van der Waals surface area contributed by atoms with Gasteiger partial charge in [0.05, 0.1) is 6.61 Å². The Morgan fingerprint density at radius 2 is 2.42 bits per heavy atom. The fraction of sp³-hybridized carbons (Fsp3) is 0.875. The summed E-state index contributed by atoms with van der Waals surface area (Å²) in [6.07, 6.45) is 3.39. The molecule has 0 spiro atoms. The lowest BCUT2D eigenvalue weighted by Gasteiger charge is -2.27. The van der Waals surface area contributed by atoms with Gasteiger partial charge in [-0.25, -0.2) is 0 Å². The number of nitrogens with one attached hydrogen (secondary N) is 1. The molecule has 1 fully saturated rings. The highest BCUT2D eigenvalue weighted by atomic mass is 16.5. The van der Waals surface area contributed by atoms with Crippen molar-refractivity contribution in [3.05, 3.63) is 0 Å². The highest BCUT2D eigenvalue weighted by Crippen LogP contribution is 2.17. The number of methoxy groups -OCH3 is 1. The molecule has 0 aromatic carbocycles. The molecule has 1 rings (SSSR count). The maximum atomic E-state index is 11.2. The van der Waals surface area contributed by atoms with Crippen molar-refractivity contribution in [2.45, 2.75) is 31.3 Å². The lowest BCUT2D eigenvalue weighted by Crippen LogP contribution is -2.49. The van der Waals surface area contributed by atoms with Crippen LogP contribution in [0.25, 0.3) is 0 Å². The maximum Gasteiger partial charge on any atom is 0.239 e. The topological polar surface area (TPSA) is 64.3 Å². The molecular formula is C8H16N2O2. The Hall–Kier alpha value is -0.610. The van der Waals surface area contributed by atoms with Gasteiger partial charge in [-0.15, -0.1) is 0 Å². The molecule has 4 nitrogen and oxygen atoms in total. The summed E-state index contributed by atoms with van der Waals surface area (Å²) >= 11 is 0. The van der Waals surface area contributed by atoms with Crippen LogP contribution in [0.4, 0.5) is 0 Å². The highest BCUT2D eigenvalue weighted by molar-refractivity contribution is 5.81. The van der Waals surface area contributed by atoms with Crippen LogP contribution in [0.5, 0.6) is 0 Å². The van der Waals surface area contributed by atoms with Gasteiger partial charge in [0, 0.05) is 13.2 Å². The maximum absolute atomic E-state index is 11.2. The first-order valence-corrected chi connectivity index (χ1v) is 4.29. The van der Waals surface area contributed by atoms with Crippen LogP contribution in [0.3, 0.4) is 0 Å². The Balaban J connectivity index is 2.16. The summed E-state index contributed by atoms with van der Waals surface area (Å²) in [7, 11) is 1.54. The predicted octanol–water partition coefficient (Wildman–Crippen LogP) is -0.371. The molecule has 0 heterocycles. The van der Waals surface area contributed by atoms with Gasteiger partial charge in [-0.05, 0) is 19.3 Å². The van der Waals surface area contributed by atoms with Crippen molar-refractivity contribution >= 4 is 5.91 Å². The lowest BCUT2D eigenvalue weighted by atomic mass is 9.93. The Labute approximate surface area is 72.5 Å². The minimum absolute atomic E-state index is 0.0958. The van der Waals surface area contributed by atoms with Crippen molar-refractivity contribution in [2.75, 3.05) is 13.7 Å². The smallest absolute Gasteiger partial charge is 0.239 e. The summed E-state index contributed by atoms with van der Waals surface area (Å²) in [5, 5.41) is 2.86. The van der Waals surface area contributed by atoms with Crippen molar-refractivity contribution in [2.24, 2.45) is 5.73 Å². The van der Waals surface area contributed by atoms with E-state index in [-0.39, 0.29) is 5.91 Å². The SMILES string of the molecule is COCC(N)C(=O)NC1CCC1. The molecule has 70 valence electrons. The number of carbonyl (C=O) groups excluding carboxylic acids is 1. The zero-order chi connectivity index (χ0) is 8.97. The number of hydrogen-bond donors (Lipinski definition) is 2. The summed E-state index contributed by atoms with van der Waals surface area (Å²) in [5.41, 5.74) is 5.52. The molecule has 1 unspecified atom stereocenters. The number of carbonyl (C=O) groups is 1. The first kappa shape index (κ1) is 9.48. The molecule has 1 saturated carbocycles. The van der Waals surface area contributed by atoms with Gasteiger partial charge in [-0.2, -0.15) is 0 Å². The van der Waals surface area contributed by atoms with Crippen LogP contribution in [-0.4, -0.2) is 31.7 Å². The van der Waals surface area contributed by atoms with E-state index in [4.69, 9.17) is 10.5 Å². The Morgan fingerprint density at radius 1 is 1.75 bits per heavy atom. The number of nitrogens with two attached hydrogens (primary N) is 1. The number of ether oxygens (including phenoxy) is 1. The quantitative estimate of drug-likeness (QED) is 0.608. The number of amides is 1. The standard InChI is InChI=1S/C8H16N2O2/c1-12-5-7(9)8(11)10-6-3-2-4-6/h6-7H,2-5,9H2,1H3,(H,10,11). The second-order valence-corrected chi connectivity index (χ2v) is 3.20. The van der Waals surface area contributed by atoms with Crippen molar-refractivity contribution < 1.29 is 9.53 Å². The van der Waals surface area contributed by atoms with Crippen LogP contribution in [-0.2, 0) is 9.53 Å². The second-order valence-electron chi connectivity index (χ2n) is 3.20. The van der Waals surface area contributed by atoms with E-state index in [9.17, 15) is 4.79 Å². The third kappa shape index (κ3) is 2.46. The van der Waals surface area contributed by atoms with Crippen molar-refractivity contribution in [1.29, 1.82) is 0 Å². The van der Waals surface area contributed by atoms with Crippen molar-refractivity contribution in [3.8, 4) is 0 Å². The largest absolute Gasteiger partial charge is 0.383 e. The van der Waals surface area contributed by atoms with E-state index in [2.05, 4.69) is 5.32 Å². The summed E-state index contributed by atoms with van der Waals surface area (Å²) in [4.78, 5) is 11.2. The summed E-state index contributed by atoms with van der Waals surface area (Å²) < 4.78 is 4.77. The molecule has 0 saturated heterocycles. The first-order chi connectivity index (χ1) is 5.74. The van der Waals surface area contributed by atoms with Crippen molar-refractivity contribution in [1.82, 2.24) is 5.32 Å².